The Morgan fingerprint density at radius 2 is 1.79 bits per heavy atom. The molecule has 0 heterocycles. The Bertz CT molecular complexity index is 546. The van der Waals surface area contributed by atoms with Gasteiger partial charge in [0, 0.05) is 20.0 Å². The zero-order valence-corrected chi connectivity index (χ0v) is 14.3. The van der Waals surface area contributed by atoms with Crippen LogP contribution < -0.4 is 16.0 Å². The van der Waals surface area contributed by atoms with Crippen LogP contribution in [0.1, 0.15) is 25.8 Å². The first-order valence-corrected chi connectivity index (χ1v) is 7.89. The molecule has 0 aliphatic carbocycles. The van der Waals surface area contributed by atoms with Crippen molar-refractivity contribution in [3.63, 3.8) is 0 Å². The van der Waals surface area contributed by atoms with E-state index in [-0.39, 0.29) is 37.3 Å². The van der Waals surface area contributed by atoms with Crippen molar-refractivity contribution in [2.45, 2.75) is 32.9 Å². The van der Waals surface area contributed by atoms with Gasteiger partial charge in [-0.25, -0.2) is 4.79 Å². The summed E-state index contributed by atoms with van der Waals surface area (Å²) in [5.74, 6) is -0.619. The predicted octanol–water partition coefficient (Wildman–Crippen LogP) is 1.19. The van der Waals surface area contributed by atoms with Crippen LogP contribution in [-0.4, -0.2) is 37.5 Å². The minimum absolute atomic E-state index is 0.116. The van der Waals surface area contributed by atoms with E-state index in [9.17, 15) is 14.4 Å². The van der Waals surface area contributed by atoms with E-state index >= 15 is 0 Å². The molecule has 0 radical (unpaired) electrons. The number of ether oxygens (including phenoxy) is 1. The fraction of sp³-hybridized carbons (Fsp3) is 0.471. The summed E-state index contributed by atoms with van der Waals surface area (Å²) in [5.41, 5.74) is 0.865. The van der Waals surface area contributed by atoms with Gasteiger partial charge in [-0.05, 0) is 11.5 Å². The standard InChI is InChI=1S/C17H25N3O4/c1-12(2)15(16(22)19-10-9-14(21)18-3)20-17(23)24-11-13-7-5-4-6-8-13/h4-8,12,15H,9-11H2,1-3H3,(H,18,21)(H,19,22)(H,20,23). The van der Waals surface area contributed by atoms with Gasteiger partial charge in [0.15, 0.2) is 0 Å². The van der Waals surface area contributed by atoms with Crippen molar-refractivity contribution in [1.82, 2.24) is 16.0 Å². The van der Waals surface area contributed by atoms with Gasteiger partial charge in [-0.15, -0.1) is 0 Å². The van der Waals surface area contributed by atoms with Gasteiger partial charge in [0.1, 0.15) is 12.6 Å². The molecule has 132 valence electrons. The summed E-state index contributed by atoms with van der Waals surface area (Å²) in [4.78, 5) is 35.2. The second kappa shape index (κ2) is 10.3. The Balaban J connectivity index is 2.44. The highest BCUT2D eigenvalue weighted by molar-refractivity contribution is 5.86. The Kier molecular flexibility index (Phi) is 8.32. The minimum Gasteiger partial charge on any atom is -0.445 e. The molecule has 0 spiro atoms. The number of nitrogens with one attached hydrogen (secondary N) is 3. The Morgan fingerprint density at radius 3 is 2.38 bits per heavy atom. The van der Waals surface area contributed by atoms with Crippen LogP contribution in [0.25, 0.3) is 0 Å². The number of hydrogen-bond acceptors (Lipinski definition) is 4. The molecule has 0 saturated carbocycles. The molecule has 3 N–H and O–H groups in total. The van der Waals surface area contributed by atoms with Crippen molar-refractivity contribution in [1.29, 1.82) is 0 Å². The number of carbonyl (C=O) groups is 3. The van der Waals surface area contributed by atoms with Crippen LogP contribution >= 0.6 is 0 Å². The van der Waals surface area contributed by atoms with Crippen LogP contribution in [0.15, 0.2) is 30.3 Å². The second-order valence-electron chi connectivity index (χ2n) is 5.64. The van der Waals surface area contributed by atoms with Crippen molar-refractivity contribution in [3.05, 3.63) is 35.9 Å². The lowest BCUT2D eigenvalue weighted by Gasteiger charge is -2.21. The van der Waals surface area contributed by atoms with Crippen LogP contribution in [-0.2, 0) is 20.9 Å². The average Bonchev–Trinajstić information content (AvgIpc) is 2.58. The van der Waals surface area contributed by atoms with Gasteiger partial charge in [-0.3, -0.25) is 9.59 Å². The number of alkyl carbamates (subject to hydrolysis) is 1. The third kappa shape index (κ3) is 7.13. The van der Waals surface area contributed by atoms with E-state index in [2.05, 4.69) is 16.0 Å². The van der Waals surface area contributed by atoms with Crippen molar-refractivity contribution in [2.75, 3.05) is 13.6 Å². The summed E-state index contributed by atoms with van der Waals surface area (Å²) in [6, 6.07) is 8.55. The van der Waals surface area contributed by atoms with Gasteiger partial charge in [0.2, 0.25) is 11.8 Å². The lowest BCUT2D eigenvalue weighted by molar-refractivity contribution is -0.124. The van der Waals surface area contributed by atoms with Crippen molar-refractivity contribution in [2.24, 2.45) is 5.92 Å². The summed E-state index contributed by atoms with van der Waals surface area (Å²) >= 11 is 0. The third-order valence-corrected chi connectivity index (χ3v) is 3.37. The maximum atomic E-state index is 12.2. The molecule has 0 bridgehead atoms. The van der Waals surface area contributed by atoms with E-state index in [1.807, 2.05) is 44.2 Å². The molecule has 0 aliphatic heterocycles. The molecule has 1 aromatic carbocycles. The SMILES string of the molecule is CNC(=O)CCNC(=O)C(NC(=O)OCc1ccccc1)C(C)C. The van der Waals surface area contributed by atoms with Gasteiger partial charge >= 0.3 is 6.09 Å². The number of benzene rings is 1. The largest absolute Gasteiger partial charge is 0.445 e. The molecule has 0 aromatic heterocycles. The Morgan fingerprint density at radius 1 is 1.12 bits per heavy atom. The van der Waals surface area contributed by atoms with Gasteiger partial charge in [0.25, 0.3) is 0 Å². The maximum Gasteiger partial charge on any atom is 0.408 e. The molecule has 1 rings (SSSR count). The lowest BCUT2D eigenvalue weighted by atomic mass is 10.0. The van der Waals surface area contributed by atoms with Gasteiger partial charge in [-0.1, -0.05) is 44.2 Å². The molecule has 1 unspecified atom stereocenters. The van der Waals surface area contributed by atoms with Gasteiger partial charge in [-0.2, -0.15) is 0 Å². The number of rotatable bonds is 8. The molecule has 0 saturated heterocycles. The average molecular weight is 335 g/mol. The van der Waals surface area contributed by atoms with E-state index in [0.717, 1.165) is 5.56 Å². The number of hydrogen-bond donors (Lipinski definition) is 3. The van der Waals surface area contributed by atoms with Crippen LogP contribution in [0, 0.1) is 5.92 Å². The number of carbonyl (C=O) groups excluding carboxylic acids is 3. The van der Waals surface area contributed by atoms with E-state index < -0.39 is 12.1 Å². The van der Waals surface area contributed by atoms with Crippen LogP contribution in [0.5, 0.6) is 0 Å². The summed E-state index contributed by atoms with van der Waals surface area (Å²) in [7, 11) is 1.53. The molecule has 1 aromatic rings. The van der Waals surface area contributed by atoms with Crippen LogP contribution in [0.2, 0.25) is 0 Å². The summed E-state index contributed by atoms with van der Waals surface area (Å²) in [6.45, 7) is 3.99. The first-order chi connectivity index (χ1) is 11.4. The van der Waals surface area contributed by atoms with Crippen molar-refractivity contribution < 1.29 is 19.1 Å². The summed E-state index contributed by atoms with van der Waals surface area (Å²) < 4.78 is 5.12. The molecule has 3 amide bonds. The normalized spacial score (nSPS) is 11.5. The fourth-order valence-electron chi connectivity index (χ4n) is 1.96. The van der Waals surface area contributed by atoms with E-state index in [4.69, 9.17) is 4.74 Å². The molecule has 24 heavy (non-hydrogen) atoms. The molecule has 7 nitrogen and oxygen atoms in total. The molecular weight excluding hydrogens is 310 g/mol. The molecule has 7 heteroatoms. The third-order valence-electron chi connectivity index (χ3n) is 3.37. The van der Waals surface area contributed by atoms with Gasteiger partial charge < -0.3 is 20.7 Å². The minimum atomic E-state index is -0.724. The highest BCUT2D eigenvalue weighted by Crippen LogP contribution is 2.04. The van der Waals surface area contributed by atoms with Crippen LogP contribution in [0.4, 0.5) is 4.79 Å². The lowest BCUT2D eigenvalue weighted by Crippen LogP contribution is -2.50. The Hall–Kier alpha value is -2.57. The highest BCUT2D eigenvalue weighted by Gasteiger charge is 2.24. The second-order valence-corrected chi connectivity index (χ2v) is 5.64. The van der Waals surface area contributed by atoms with E-state index in [1.165, 1.54) is 7.05 Å². The van der Waals surface area contributed by atoms with Crippen LogP contribution in [0.3, 0.4) is 0 Å². The van der Waals surface area contributed by atoms with Gasteiger partial charge in [0.05, 0.1) is 0 Å². The van der Waals surface area contributed by atoms with E-state index in [1.54, 1.807) is 0 Å². The van der Waals surface area contributed by atoms with Crippen molar-refractivity contribution in [3.8, 4) is 0 Å². The fourth-order valence-corrected chi connectivity index (χ4v) is 1.96. The quantitative estimate of drug-likeness (QED) is 0.665. The summed E-state index contributed by atoms with van der Waals surface area (Å²) in [6.07, 6.45) is -0.468. The highest BCUT2D eigenvalue weighted by atomic mass is 16.5. The Labute approximate surface area is 142 Å². The zero-order valence-electron chi connectivity index (χ0n) is 14.3. The predicted molar refractivity (Wildman–Crippen MR) is 90.1 cm³/mol. The molecule has 0 aliphatic rings. The molecule has 1 atom stereocenters. The van der Waals surface area contributed by atoms with Crippen molar-refractivity contribution >= 4 is 17.9 Å². The monoisotopic (exact) mass is 335 g/mol. The molecular formula is C17H25N3O4. The number of amides is 3. The smallest absolute Gasteiger partial charge is 0.408 e. The maximum absolute atomic E-state index is 12.2. The topological polar surface area (TPSA) is 96.5 Å². The van der Waals surface area contributed by atoms with E-state index in [0.29, 0.717) is 0 Å². The summed E-state index contributed by atoms with van der Waals surface area (Å²) in [5, 5.41) is 7.68. The zero-order chi connectivity index (χ0) is 17.9. The first-order valence-electron chi connectivity index (χ1n) is 7.89. The first kappa shape index (κ1) is 19.5. The molecule has 0 fully saturated rings.